The van der Waals surface area contributed by atoms with Crippen molar-refractivity contribution in [2.75, 3.05) is 31.6 Å². The summed E-state index contributed by atoms with van der Waals surface area (Å²) in [4.78, 5) is 2.33. The van der Waals surface area contributed by atoms with Crippen LogP contribution in [0.2, 0.25) is 0 Å². The van der Waals surface area contributed by atoms with Gasteiger partial charge in [-0.05, 0) is 38.1 Å². The first-order valence-electron chi connectivity index (χ1n) is 5.80. The zero-order valence-corrected chi connectivity index (χ0v) is 10.0. The van der Waals surface area contributed by atoms with Crippen molar-refractivity contribution in [1.29, 1.82) is 0 Å². The minimum atomic E-state index is -0.121. The Kier molecular flexibility index (Phi) is 3.17. The summed E-state index contributed by atoms with van der Waals surface area (Å²) in [5.74, 6) is 0. The first kappa shape index (κ1) is 11.4. The molecule has 1 fully saturated rings. The Hall–Kier alpha value is -1.06. The Labute approximate surface area is 97.1 Å². The number of aryl methyl sites for hydroxylation is 1. The maximum atomic E-state index is 9.45. The predicted octanol–water partition coefficient (Wildman–Crippen LogP) is 1.16. The summed E-state index contributed by atoms with van der Waals surface area (Å²) in [5, 5.41) is 12.7. The van der Waals surface area contributed by atoms with Crippen molar-refractivity contribution >= 4 is 5.69 Å². The number of nitrogens with one attached hydrogen (secondary N) is 1. The number of likely N-dealkylation sites (N-methyl/N-ethyl adjacent to an activating group) is 1. The Bertz CT molecular complexity index is 361. The second kappa shape index (κ2) is 4.44. The summed E-state index contributed by atoms with van der Waals surface area (Å²) in [6.07, 6.45) is 0.994. The molecule has 1 unspecified atom stereocenters. The van der Waals surface area contributed by atoms with Crippen molar-refractivity contribution in [1.82, 2.24) is 5.32 Å². The van der Waals surface area contributed by atoms with E-state index in [1.165, 1.54) is 11.3 Å². The van der Waals surface area contributed by atoms with Crippen LogP contribution in [0.1, 0.15) is 12.0 Å². The van der Waals surface area contributed by atoms with Gasteiger partial charge in [-0.1, -0.05) is 12.1 Å². The second-order valence-electron chi connectivity index (χ2n) is 4.70. The average Bonchev–Trinajstić information content (AvgIpc) is 2.74. The van der Waals surface area contributed by atoms with Gasteiger partial charge in [-0.25, -0.2) is 0 Å². The van der Waals surface area contributed by atoms with Gasteiger partial charge >= 0.3 is 0 Å². The van der Waals surface area contributed by atoms with E-state index < -0.39 is 0 Å². The Morgan fingerprint density at radius 1 is 1.50 bits per heavy atom. The Balaban J connectivity index is 2.14. The molecule has 0 radical (unpaired) electrons. The van der Waals surface area contributed by atoms with Crippen LogP contribution in [0.3, 0.4) is 0 Å². The van der Waals surface area contributed by atoms with Gasteiger partial charge < -0.3 is 15.3 Å². The van der Waals surface area contributed by atoms with E-state index in [1.807, 2.05) is 7.05 Å². The minimum Gasteiger partial charge on any atom is -0.394 e. The van der Waals surface area contributed by atoms with Gasteiger partial charge in [0.2, 0.25) is 0 Å². The molecule has 1 atom stereocenters. The molecule has 2 N–H and O–H groups in total. The van der Waals surface area contributed by atoms with Gasteiger partial charge in [-0.3, -0.25) is 0 Å². The van der Waals surface area contributed by atoms with Crippen LogP contribution in [0, 0.1) is 6.92 Å². The molecule has 0 aliphatic carbocycles. The van der Waals surface area contributed by atoms with E-state index in [9.17, 15) is 5.11 Å². The molecule has 0 spiro atoms. The average molecular weight is 220 g/mol. The first-order chi connectivity index (χ1) is 7.69. The quantitative estimate of drug-likeness (QED) is 0.802. The summed E-state index contributed by atoms with van der Waals surface area (Å²) in [7, 11) is 1.93. The van der Waals surface area contributed by atoms with E-state index in [0.717, 1.165) is 19.5 Å². The molecule has 1 aromatic rings. The highest BCUT2D eigenvalue weighted by atomic mass is 16.3. The summed E-state index contributed by atoms with van der Waals surface area (Å²) in [6.45, 7) is 4.19. The number of anilines is 1. The molecule has 16 heavy (non-hydrogen) atoms. The maximum Gasteiger partial charge on any atom is 0.0631 e. The molecule has 1 aromatic carbocycles. The maximum absolute atomic E-state index is 9.45. The van der Waals surface area contributed by atoms with Gasteiger partial charge in [-0.2, -0.15) is 0 Å². The van der Waals surface area contributed by atoms with Crippen molar-refractivity contribution < 1.29 is 5.11 Å². The molecule has 0 amide bonds. The van der Waals surface area contributed by atoms with E-state index in [1.54, 1.807) is 0 Å². The number of benzene rings is 1. The fraction of sp³-hybridized carbons (Fsp3) is 0.538. The van der Waals surface area contributed by atoms with Crippen LogP contribution in [0.5, 0.6) is 0 Å². The van der Waals surface area contributed by atoms with Gasteiger partial charge in [0.05, 0.1) is 12.1 Å². The molecular formula is C13H20N2O. The molecule has 0 aromatic heterocycles. The van der Waals surface area contributed by atoms with Crippen LogP contribution in [0.15, 0.2) is 24.3 Å². The lowest BCUT2D eigenvalue weighted by Crippen LogP contribution is -2.48. The number of nitrogens with zero attached hydrogens (tertiary/aromatic N) is 1. The number of aliphatic hydroxyl groups is 1. The largest absolute Gasteiger partial charge is 0.394 e. The first-order valence-corrected chi connectivity index (χ1v) is 5.80. The third-order valence-electron chi connectivity index (χ3n) is 3.55. The number of aliphatic hydroxyl groups excluding tert-OH is 1. The van der Waals surface area contributed by atoms with Crippen LogP contribution < -0.4 is 10.2 Å². The van der Waals surface area contributed by atoms with E-state index in [-0.39, 0.29) is 12.1 Å². The van der Waals surface area contributed by atoms with Crippen LogP contribution in [-0.4, -0.2) is 37.4 Å². The smallest absolute Gasteiger partial charge is 0.0631 e. The standard InChI is InChI=1S/C13H20N2O/c1-11-4-3-5-12(8-11)15-7-6-13(9-15,10-16)14-2/h3-5,8,14,16H,6-7,9-10H2,1-2H3. The fourth-order valence-corrected chi connectivity index (χ4v) is 2.33. The highest BCUT2D eigenvalue weighted by Gasteiger charge is 2.36. The van der Waals surface area contributed by atoms with E-state index in [4.69, 9.17) is 0 Å². The third kappa shape index (κ3) is 2.06. The van der Waals surface area contributed by atoms with Crippen LogP contribution in [-0.2, 0) is 0 Å². The zero-order chi connectivity index (χ0) is 11.6. The van der Waals surface area contributed by atoms with Gasteiger partial charge in [0.25, 0.3) is 0 Å². The van der Waals surface area contributed by atoms with Crippen molar-refractivity contribution in [3.8, 4) is 0 Å². The number of rotatable bonds is 3. The van der Waals surface area contributed by atoms with Crippen LogP contribution >= 0.6 is 0 Å². The van der Waals surface area contributed by atoms with Crippen molar-refractivity contribution in [2.24, 2.45) is 0 Å². The minimum absolute atomic E-state index is 0.121. The molecule has 0 saturated carbocycles. The van der Waals surface area contributed by atoms with Gasteiger partial charge in [-0.15, -0.1) is 0 Å². The Morgan fingerprint density at radius 3 is 2.88 bits per heavy atom. The molecule has 1 saturated heterocycles. The summed E-state index contributed by atoms with van der Waals surface area (Å²) in [6, 6.07) is 8.53. The van der Waals surface area contributed by atoms with Crippen LogP contribution in [0.4, 0.5) is 5.69 Å². The summed E-state index contributed by atoms with van der Waals surface area (Å²) < 4.78 is 0. The molecule has 88 valence electrons. The van der Waals surface area contributed by atoms with Gasteiger partial charge in [0.1, 0.15) is 0 Å². The lowest BCUT2D eigenvalue weighted by atomic mass is 10.0. The normalized spacial score (nSPS) is 25.1. The molecule has 2 rings (SSSR count). The molecule has 3 heteroatoms. The third-order valence-corrected chi connectivity index (χ3v) is 3.55. The lowest BCUT2D eigenvalue weighted by molar-refractivity contribution is 0.184. The zero-order valence-electron chi connectivity index (χ0n) is 10.0. The van der Waals surface area contributed by atoms with Crippen molar-refractivity contribution in [3.05, 3.63) is 29.8 Å². The number of hydrogen-bond acceptors (Lipinski definition) is 3. The summed E-state index contributed by atoms with van der Waals surface area (Å²) in [5.41, 5.74) is 2.41. The molecule has 3 nitrogen and oxygen atoms in total. The van der Waals surface area contributed by atoms with Gasteiger partial charge in [0, 0.05) is 18.8 Å². The molecule has 0 bridgehead atoms. The second-order valence-corrected chi connectivity index (χ2v) is 4.70. The van der Waals surface area contributed by atoms with E-state index >= 15 is 0 Å². The molecule has 1 heterocycles. The Morgan fingerprint density at radius 2 is 2.31 bits per heavy atom. The summed E-state index contributed by atoms with van der Waals surface area (Å²) >= 11 is 0. The topological polar surface area (TPSA) is 35.5 Å². The SMILES string of the molecule is CNC1(CO)CCN(c2cccc(C)c2)C1. The highest BCUT2D eigenvalue weighted by Crippen LogP contribution is 2.26. The van der Waals surface area contributed by atoms with Gasteiger partial charge in [0.15, 0.2) is 0 Å². The molecule has 1 aliphatic heterocycles. The fourth-order valence-electron chi connectivity index (χ4n) is 2.33. The van der Waals surface area contributed by atoms with Crippen molar-refractivity contribution in [2.45, 2.75) is 18.9 Å². The monoisotopic (exact) mass is 220 g/mol. The number of hydrogen-bond donors (Lipinski definition) is 2. The lowest BCUT2D eigenvalue weighted by Gasteiger charge is -2.27. The van der Waals surface area contributed by atoms with E-state index in [2.05, 4.69) is 41.4 Å². The molecule has 1 aliphatic rings. The molecular weight excluding hydrogens is 200 g/mol. The van der Waals surface area contributed by atoms with E-state index in [0.29, 0.717) is 0 Å². The van der Waals surface area contributed by atoms with Crippen LogP contribution in [0.25, 0.3) is 0 Å². The highest BCUT2D eigenvalue weighted by molar-refractivity contribution is 5.50. The van der Waals surface area contributed by atoms with Crippen molar-refractivity contribution in [3.63, 3.8) is 0 Å². The predicted molar refractivity (Wildman–Crippen MR) is 66.9 cm³/mol.